The normalized spacial score (nSPS) is 20.8. The maximum absolute atomic E-state index is 12.2. The second-order valence-electron chi connectivity index (χ2n) is 5.79. The zero-order valence-corrected chi connectivity index (χ0v) is 12.9. The first kappa shape index (κ1) is 15.6. The molecule has 3 rings (SSSR count). The molecule has 0 bridgehead atoms. The van der Waals surface area contributed by atoms with E-state index in [0.29, 0.717) is 43.4 Å². The Morgan fingerprint density at radius 2 is 2.00 bits per heavy atom. The summed E-state index contributed by atoms with van der Waals surface area (Å²) in [6.07, 6.45) is 2.43. The SMILES string of the molecule is NC(=O)[C@H]1CCCN1CC(=O)Nc1ccc2c(c1)OCCCO2. The summed E-state index contributed by atoms with van der Waals surface area (Å²) in [4.78, 5) is 25.4. The number of nitrogens with two attached hydrogens (primary N) is 1. The van der Waals surface area contributed by atoms with Crippen LogP contribution in [0, 0.1) is 0 Å². The number of primary amides is 1. The zero-order chi connectivity index (χ0) is 16.2. The Morgan fingerprint density at radius 1 is 1.22 bits per heavy atom. The van der Waals surface area contributed by atoms with Crippen molar-refractivity contribution in [3.05, 3.63) is 18.2 Å². The van der Waals surface area contributed by atoms with Gasteiger partial charge in [-0.3, -0.25) is 14.5 Å². The third-order valence-electron chi connectivity index (χ3n) is 4.07. The molecule has 0 radical (unpaired) electrons. The minimum Gasteiger partial charge on any atom is -0.490 e. The third-order valence-corrected chi connectivity index (χ3v) is 4.07. The number of benzene rings is 1. The Bertz CT molecular complexity index is 605. The number of rotatable bonds is 4. The molecule has 23 heavy (non-hydrogen) atoms. The van der Waals surface area contributed by atoms with Gasteiger partial charge in [-0.1, -0.05) is 0 Å². The molecule has 1 fully saturated rings. The number of likely N-dealkylation sites (tertiary alicyclic amines) is 1. The highest BCUT2D eigenvalue weighted by Crippen LogP contribution is 2.32. The Hall–Kier alpha value is -2.28. The fourth-order valence-electron chi connectivity index (χ4n) is 2.96. The zero-order valence-electron chi connectivity index (χ0n) is 12.9. The standard InChI is InChI=1S/C16H21N3O4/c17-16(21)12-3-1-6-19(12)10-15(20)18-11-4-5-13-14(9-11)23-8-2-7-22-13/h4-5,9,12H,1-3,6-8,10H2,(H2,17,21)(H,18,20)/t12-/m1/s1. The summed E-state index contributed by atoms with van der Waals surface area (Å²) >= 11 is 0. The molecule has 2 aliphatic rings. The predicted molar refractivity (Wildman–Crippen MR) is 84.5 cm³/mol. The summed E-state index contributed by atoms with van der Waals surface area (Å²) in [7, 11) is 0. The summed E-state index contributed by atoms with van der Waals surface area (Å²) in [5.74, 6) is 0.781. The van der Waals surface area contributed by atoms with Crippen molar-refractivity contribution in [3.63, 3.8) is 0 Å². The van der Waals surface area contributed by atoms with Crippen LogP contribution in [0.25, 0.3) is 0 Å². The third kappa shape index (κ3) is 3.73. The van der Waals surface area contributed by atoms with Crippen molar-refractivity contribution in [2.45, 2.75) is 25.3 Å². The largest absolute Gasteiger partial charge is 0.490 e. The molecule has 7 nitrogen and oxygen atoms in total. The molecular weight excluding hydrogens is 298 g/mol. The van der Waals surface area contributed by atoms with Crippen molar-refractivity contribution < 1.29 is 19.1 Å². The molecule has 0 saturated carbocycles. The Balaban J connectivity index is 1.62. The van der Waals surface area contributed by atoms with Crippen molar-refractivity contribution in [2.75, 3.05) is 31.6 Å². The van der Waals surface area contributed by atoms with Gasteiger partial charge in [-0.15, -0.1) is 0 Å². The fourth-order valence-corrected chi connectivity index (χ4v) is 2.96. The molecule has 1 atom stereocenters. The van der Waals surface area contributed by atoms with Gasteiger partial charge in [0, 0.05) is 18.2 Å². The van der Waals surface area contributed by atoms with Gasteiger partial charge < -0.3 is 20.5 Å². The van der Waals surface area contributed by atoms with Gasteiger partial charge in [-0.2, -0.15) is 0 Å². The monoisotopic (exact) mass is 319 g/mol. The molecule has 2 heterocycles. The van der Waals surface area contributed by atoms with Crippen LogP contribution in [-0.2, 0) is 9.59 Å². The first-order valence-electron chi connectivity index (χ1n) is 7.86. The number of carbonyl (C=O) groups is 2. The number of hydrogen-bond donors (Lipinski definition) is 2. The molecule has 1 aromatic rings. The summed E-state index contributed by atoms with van der Waals surface area (Å²) in [6.45, 7) is 2.09. The number of fused-ring (bicyclic) bond motifs is 1. The van der Waals surface area contributed by atoms with Crippen molar-refractivity contribution in [1.82, 2.24) is 4.90 Å². The van der Waals surface area contributed by atoms with E-state index in [2.05, 4.69) is 5.32 Å². The molecular formula is C16H21N3O4. The number of carbonyl (C=O) groups excluding carboxylic acids is 2. The van der Waals surface area contributed by atoms with E-state index in [1.54, 1.807) is 18.2 Å². The number of nitrogens with one attached hydrogen (secondary N) is 1. The second-order valence-corrected chi connectivity index (χ2v) is 5.79. The van der Waals surface area contributed by atoms with Gasteiger partial charge in [0.25, 0.3) is 0 Å². The molecule has 2 aliphatic heterocycles. The molecule has 0 aromatic heterocycles. The van der Waals surface area contributed by atoms with Gasteiger partial charge in [-0.25, -0.2) is 0 Å². The summed E-state index contributed by atoms with van der Waals surface area (Å²) < 4.78 is 11.2. The summed E-state index contributed by atoms with van der Waals surface area (Å²) in [5.41, 5.74) is 6.01. The number of amides is 2. The van der Waals surface area contributed by atoms with Crippen LogP contribution in [0.2, 0.25) is 0 Å². The molecule has 1 aromatic carbocycles. The van der Waals surface area contributed by atoms with Crippen LogP contribution in [0.5, 0.6) is 11.5 Å². The van der Waals surface area contributed by atoms with Gasteiger partial charge in [-0.05, 0) is 31.5 Å². The highest BCUT2D eigenvalue weighted by atomic mass is 16.5. The summed E-state index contributed by atoms with van der Waals surface area (Å²) in [6, 6.07) is 4.98. The van der Waals surface area contributed by atoms with Gasteiger partial charge in [0.15, 0.2) is 11.5 Å². The van der Waals surface area contributed by atoms with Crippen LogP contribution in [-0.4, -0.2) is 49.1 Å². The fraction of sp³-hybridized carbons (Fsp3) is 0.500. The number of ether oxygens (including phenoxy) is 2. The second kappa shape index (κ2) is 6.87. The van der Waals surface area contributed by atoms with E-state index in [1.807, 2.05) is 4.90 Å². The Kier molecular flexibility index (Phi) is 4.66. The summed E-state index contributed by atoms with van der Waals surface area (Å²) in [5, 5.41) is 2.83. The van der Waals surface area contributed by atoms with Crippen LogP contribution in [0.15, 0.2) is 18.2 Å². The lowest BCUT2D eigenvalue weighted by molar-refractivity contribution is -0.123. The van der Waals surface area contributed by atoms with Gasteiger partial charge >= 0.3 is 0 Å². The van der Waals surface area contributed by atoms with Crippen LogP contribution in [0.4, 0.5) is 5.69 Å². The highest BCUT2D eigenvalue weighted by Gasteiger charge is 2.30. The van der Waals surface area contributed by atoms with Gasteiger partial charge in [0.05, 0.1) is 25.8 Å². The molecule has 0 unspecified atom stereocenters. The number of anilines is 1. The highest BCUT2D eigenvalue weighted by molar-refractivity contribution is 5.93. The Morgan fingerprint density at radius 3 is 2.78 bits per heavy atom. The molecule has 2 amide bonds. The average Bonchev–Trinajstić information content (AvgIpc) is 2.84. The van der Waals surface area contributed by atoms with Crippen LogP contribution < -0.4 is 20.5 Å². The Labute approximate surface area is 134 Å². The molecule has 7 heteroatoms. The van der Waals surface area contributed by atoms with E-state index in [4.69, 9.17) is 15.2 Å². The van der Waals surface area contributed by atoms with Crippen molar-refractivity contribution in [3.8, 4) is 11.5 Å². The van der Waals surface area contributed by atoms with Gasteiger partial charge in [0.1, 0.15) is 0 Å². The lowest BCUT2D eigenvalue weighted by atomic mass is 10.2. The lowest BCUT2D eigenvalue weighted by Gasteiger charge is -2.21. The molecule has 0 aliphatic carbocycles. The van der Waals surface area contributed by atoms with E-state index >= 15 is 0 Å². The number of nitrogens with zero attached hydrogens (tertiary/aromatic N) is 1. The van der Waals surface area contributed by atoms with Crippen LogP contribution in [0.1, 0.15) is 19.3 Å². The smallest absolute Gasteiger partial charge is 0.238 e. The molecule has 1 saturated heterocycles. The van der Waals surface area contributed by atoms with Gasteiger partial charge in [0.2, 0.25) is 11.8 Å². The van der Waals surface area contributed by atoms with E-state index in [9.17, 15) is 9.59 Å². The van der Waals surface area contributed by atoms with E-state index in [1.165, 1.54) is 0 Å². The topological polar surface area (TPSA) is 93.9 Å². The minimum atomic E-state index is -0.370. The predicted octanol–water partition coefficient (Wildman–Crippen LogP) is 0.736. The maximum Gasteiger partial charge on any atom is 0.238 e. The molecule has 124 valence electrons. The van der Waals surface area contributed by atoms with E-state index < -0.39 is 0 Å². The van der Waals surface area contributed by atoms with Crippen LogP contribution >= 0.6 is 0 Å². The minimum absolute atomic E-state index is 0.155. The quantitative estimate of drug-likeness (QED) is 0.853. The molecule has 0 spiro atoms. The lowest BCUT2D eigenvalue weighted by Crippen LogP contribution is -2.43. The first-order chi connectivity index (χ1) is 11.1. The van der Waals surface area contributed by atoms with Crippen molar-refractivity contribution in [2.24, 2.45) is 5.73 Å². The van der Waals surface area contributed by atoms with E-state index in [0.717, 1.165) is 12.8 Å². The van der Waals surface area contributed by atoms with Crippen molar-refractivity contribution >= 4 is 17.5 Å². The van der Waals surface area contributed by atoms with Crippen LogP contribution in [0.3, 0.4) is 0 Å². The maximum atomic E-state index is 12.2. The number of hydrogen-bond acceptors (Lipinski definition) is 5. The van der Waals surface area contributed by atoms with Crippen molar-refractivity contribution in [1.29, 1.82) is 0 Å². The molecule has 3 N–H and O–H groups in total. The van der Waals surface area contributed by atoms with E-state index in [-0.39, 0.29) is 24.4 Å². The average molecular weight is 319 g/mol. The first-order valence-corrected chi connectivity index (χ1v) is 7.86.